The second kappa shape index (κ2) is 4.19. The van der Waals surface area contributed by atoms with Crippen molar-refractivity contribution in [3.63, 3.8) is 0 Å². The molecule has 0 fully saturated rings. The maximum atomic E-state index is 13.0. The van der Waals surface area contributed by atoms with Crippen molar-refractivity contribution in [3.05, 3.63) is 34.6 Å². The number of benzene rings is 1. The topological polar surface area (TPSA) is 47.6 Å². The maximum Gasteiger partial charge on any atom is 0.416 e. The summed E-state index contributed by atoms with van der Waals surface area (Å²) in [6.45, 7) is 0. The predicted molar refractivity (Wildman–Crippen MR) is 45.4 cm³/mol. The van der Waals surface area contributed by atoms with Gasteiger partial charge in [0.05, 0.1) is 23.6 Å². The van der Waals surface area contributed by atoms with E-state index in [1.807, 2.05) is 0 Å². The van der Waals surface area contributed by atoms with Crippen molar-refractivity contribution >= 4 is 0 Å². The van der Waals surface area contributed by atoms with Gasteiger partial charge in [0, 0.05) is 0 Å². The van der Waals surface area contributed by atoms with E-state index in [9.17, 15) is 17.6 Å². The van der Waals surface area contributed by atoms with Crippen LogP contribution in [0.1, 0.15) is 16.7 Å². The number of hydrogen-bond donors (Lipinski definition) is 0. The van der Waals surface area contributed by atoms with Crippen molar-refractivity contribution in [1.29, 1.82) is 10.5 Å². The molecule has 0 aliphatic rings. The van der Waals surface area contributed by atoms with Gasteiger partial charge in [-0.3, -0.25) is 0 Å². The smallest absolute Gasteiger partial charge is 0.206 e. The Kier molecular flexibility index (Phi) is 3.14. The van der Waals surface area contributed by atoms with Crippen LogP contribution in [-0.4, -0.2) is 0 Å². The molecule has 0 spiro atoms. The Bertz CT molecular complexity index is 491. The molecule has 0 atom stereocenters. The van der Waals surface area contributed by atoms with Gasteiger partial charge in [0.2, 0.25) is 0 Å². The van der Waals surface area contributed by atoms with E-state index in [-0.39, 0.29) is 0 Å². The summed E-state index contributed by atoms with van der Waals surface area (Å²) in [4.78, 5) is 0. The Morgan fingerprint density at radius 1 is 1.19 bits per heavy atom. The van der Waals surface area contributed by atoms with Gasteiger partial charge in [-0.1, -0.05) is 0 Å². The highest BCUT2D eigenvalue weighted by Crippen LogP contribution is 2.33. The molecule has 1 aromatic carbocycles. The summed E-state index contributed by atoms with van der Waals surface area (Å²) in [6.07, 6.45) is -5.26. The summed E-state index contributed by atoms with van der Waals surface area (Å²) >= 11 is 0. The molecule has 16 heavy (non-hydrogen) atoms. The van der Waals surface area contributed by atoms with E-state index in [0.717, 1.165) is 0 Å². The molecule has 0 saturated carbocycles. The van der Waals surface area contributed by atoms with Gasteiger partial charge >= 0.3 is 6.18 Å². The molecule has 0 amide bonds. The molecule has 82 valence electrons. The minimum atomic E-state index is -4.70. The molecule has 0 unspecified atom stereocenters. The van der Waals surface area contributed by atoms with Crippen LogP contribution >= 0.6 is 0 Å². The first kappa shape index (κ1) is 12.0. The molecule has 0 aliphatic carbocycles. The fraction of sp³-hybridized carbons (Fsp3) is 0.200. The summed E-state index contributed by atoms with van der Waals surface area (Å²) < 4.78 is 50.5. The van der Waals surface area contributed by atoms with Gasteiger partial charge in [0.15, 0.2) is 0 Å². The van der Waals surface area contributed by atoms with Gasteiger partial charge in [-0.2, -0.15) is 23.7 Å². The minimum absolute atomic E-state index is 0.419. The summed E-state index contributed by atoms with van der Waals surface area (Å²) in [5, 5.41) is 16.7. The quantitative estimate of drug-likeness (QED) is 0.694. The molecule has 1 rings (SSSR count). The first-order chi connectivity index (χ1) is 7.40. The van der Waals surface area contributed by atoms with Crippen molar-refractivity contribution in [3.8, 4) is 12.1 Å². The largest absolute Gasteiger partial charge is 0.416 e. The van der Waals surface area contributed by atoms with Crippen LogP contribution in [-0.2, 0) is 12.6 Å². The number of halogens is 4. The molecule has 0 N–H and O–H groups in total. The standard InChI is InChI=1S/C10H4F4N2/c11-9-4-6(1-2-15)8(10(12,13)14)3-7(9)5-16/h3-4H,1H2. The van der Waals surface area contributed by atoms with Crippen molar-refractivity contribution in [1.82, 2.24) is 0 Å². The van der Waals surface area contributed by atoms with Gasteiger partial charge in [-0.15, -0.1) is 0 Å². The Morgan fingerprint density at radius 2 is 1.81 bits per heavy atom. The number of rotatable bonds is 1. The van der Waals surface area contributed by atoms with Gasteiger partial charge in [-0.25, -0.2) is 4.39 Å². The Morgan fingerprint density at radius 3 is 2.25 bits per heavy atom. The van der Waals surface area contributed by atoms with E-state index in [4.69, 9.17) is 10.5 Å². The van der Waals surface area contributed by atoms with Crippen molar-refractivity contribution in [2.75, 3.05) is 0 Å². The van der Waals surface area contributed by atoms with Crippen molar-refractivity contribution in [2.45, 2.75) is 12.6 Å². The van der Waals surface area contributed by atoms with Crippen LogP contribution in [0, 0.1) is 28.5 Å². The van der Waals surface area contributed by atoms with E-state index >= 15 is 0 Å². The van der Waals surface area contributed by atoms with Crippen LogP contribution in [0.2, 0.25) is 0 Å². The first-order valence-corrected chi connectivity index (χ1v) is 4.06. The third kappa shape index (κ3) is 2.29. The molecule has 2 nitrogen and oxygen atoms in total. The molecule has 0 bridgehead atoms. The molecule has 6 heteroatoms. The highest BCUT2D eigenvalue weighted by molar-refractivity contribution is 5.41. The molecule has 0 aliphatic heterocycles. The van der Waals surface area contributed by atoms with Crippen LogP contribution in [0.5, 0.6) is 0 Å². The van der Waals surface area contributed by atoms with Crippen molar-refractivity contribution < 1.29 is 17.6 Å². The number of alkyl halides is 3. The minimum Gasteiger partial charge on any atom is -0.206 e. The van der Waals surface area contributed by atoms with Crippen LogP contribution in [0.3, 0.4) is 0 Å². The first-order valence-electron chi connectivity index (χ1n) is 4.06. The van der Waals surface area contributed by atoms with Crippen molar-refractivity contribution in [2.24, 2.45) is 0 Å². The predicted octanol–water partition coefficient (Wildman–Crippen LogP) is 2.78. The van der Waals surface area contributed by atoms with E-state index in [0.29, 0.717) is 12.1 Å². The van der Waals surface area contributed by atoms with Crippen LogP contribution in [0.4, 0.5) is 17.6 Å². The number of hydrogen-bond acceptors (Lipinski definition) is 2. The zero-order chi connectivity index (χ0) is 12.3. The summed E-state index contributed by atoms with van der Waals surface area (Å²) in [5.41, 5.74) is -2.30. The van der Waals surface area contributed by atoms with Crippen LogP contribution in [0.15, 0.2) is 12.1 Å². The summed E-state index contributed by atoms with van der Waals surface area (Å²) in [6, 6.07) is 3.82. The highest BCUT2D eigenvalue weighted by atomic mass is 19.4. The Hall–Kier alpha value is -2.08. The molecular weight excluding hydrogens is 224 g/mol. The number of nitrogens with zero attached hydrogens (tertiary/aromatic N) is 2. The molecule has 1 aromatic rings. The van der Waals surface area contributed by atoms with Gasteiger partial charge < -0.3 is 0 Å². The molecule has 0 heterocycles. The Labute approximate surface area is 88.3 Å². The number of nitriles is 2. The highest BCUT2D eigenvalue weighted by Gasteiger charge is 2.34. The average Bonchev–Trinajstić information content (AvgIpc) is 2.16. The van der Waals surface area contributed by atoms with E-state index in [2.05, 4.69) is 0 Å². The molecular formula is C10H4F4N2. The van der Waals surface area contributed by atoms with E-state index < -0.39 is 35.1 Å². The van der Waals surface area contributed by atoms with E-state index in [1.54, 1.807) is 0 Å². The monoisotopic (exact) mass is 228 g/mol. The molecule has 0 radical (unpaired) electrons. The Balaban J connectivity index is 3.46. The van der Waals surface area contributed by atoms with Crippen LogP contribution < -0.4 is 0 Å². The lowest BCUT2D eigenvalue weighted by molar-refractivity contribution is -0.138. The fourth-order valence-corrected chi connectivity index (χ4v) is 1.20. The third-order valence-electron chi connectivity index (χ3n) is 1.89. The lowest BCUT2D eigenvalue weighted by atomic mass is 10.0. The summed E-state index contributed by atoms with van der Waals surface area (Å²) in [5.74, 6) is -1.05. The molecule has 0 saturated heterocycles. The fourth-order valence-electron chi connectivity index (χ4n) is 1.20. The normalized spacial score (nSPS) is 10.6. The van der Waals surface area contributed by atoms with Gasteiger partial charge in [0.25, 0.3) is 0 Å². The second-order valence-electron chi connectivity index (χ2n) is 2.93. The zero-order valence-electron chi connectivity index (χ0n) is 7.77. The lowest BCUT2D eigenvalue weighted by Gasteiger charge is -2.11. The second-order valence-corrected chi connectivity index (χ2v) is 2.93. The SMILES string of the molecule is N#CCc1cc(F)c(C#N)cc1C(F)(F)F. The average molecular weight is 228 g/mol. The van der Waals surface area contributed by atoms with Gasteiger partial charge in [0.1, 0.15) is 11.9 Å². The third-order valence-corrected chi connectivity index (χ3v) is 1.89. The van der Waals surface area contributed by atoms with Gasteiger partial charge in [-0.05, 0) is 17.7 Å². The van der Waals surface area contributed by atoms with Crippen LogP contribution in [0.25, 0.3) is 0 Å². The zero-order valence-corrected chi connectivity index (χ0v) is 7.77. The lowest BCUT2D eigenvalue weighted by Crippen LogP contribution is -2.10. The maximum absolute atomic E-state index is 13.0. The van der Waals surface area contributed by atoms with E-state index in [1.165, 1.54) is 12.1 Å². The molecule has 0 aromatic heterocycles. The summed E-state index contributed by atoms with van der Waals surface area (Å²) in [7, 11) is 0.